The summed E-state index contributed by atoms with van der Waals surface area (Å²) >= 11 is 1.35. The van der Waals surface area contributed by atoms with E-state index >= 15 is 0 Å². The molecule has 0 spiro atoms. The molecule has 0 saturated heterocycles. The van der Waals surface area contributed by atoms with Gasteiger partial charge in [-0.1, -0.05) is 67.3 Å². The Labute approximate surface area is 196 Å². The van der Waals surface area contributed by atoms with E-state index in [9.17, 15) is 9.59 Å². The number of carbonyl (C=O) groups is 1. The summed E-state index contributed by atoms with van der Waals surface area (Å²) in [6.45, 7) is 2.01. The van der Waals surface area contributed by atoms with Crippen molar-refractivity contribution in [2.75, 3.05) is 5.75 Å². The van der Waals surface area contributed by atoms with Gasteiger partial charge in [-0.25, -0.2) is 4.57 Å². The molecular formula is C25H27N5O2S. The first kappa shape index (κ1) is 21.7. The zero-order valence-electron chi connectivity index (χ0n) is 18.7. The molecule has 1 amide bonds. The summed E-state index contributed by atoms with van der Waals surface area (Å²) in [5, 5.41) is 13.1. The van der Waals surface area contributed by atoms with Crippen LogP contribution in [0.25, 0.3) is 22.4 Å². The van der Waals surface area contributed by atoms with E-state index in [0.29, 0.717) is 16.3 Å². The van der Waals surface area contributed by atoms with E-state index in [0.717, 1.165) is 29.6 Å². The Morgan fingerprint density at radius 2 is 1.76 bits per heavy atom. The first-order chi connectivity index (χ1) is 16.1. The molecule has 2 aromatic carbocycles. The Balaban J connectivity index is 1.50. The van der Waals surface area contributed by atoms with Gasteiger partial charge in [-0.2, -0.15) is 0 Å². The minimum absolute atomic E-state index is 0.0137. The summed E-state index contributed by atoms with van der Waals surface area (Å²) < 4.78 is 3.46. The lowest BCUT2D eigenvalue weighted by atomic mass is 10.1. The molecule has 8 heteroatoms. The fourth-order valence-electron chi connectivity index (χ4n) is 4.52. The van der Waals surface area contributed by atoms with Gasteiger partial charge in [0.2, 0.25) is 11.7 Å². The van der Waals surface area contributed by atoms with Gasteiger partial charge < -0.3 is 5.32 Å². The van der Waals surface area contributed by atoms with E-state index < -0.39 is 0 Å². The molecule has 0 bridgehead atoms. The quantitative estimate of drug-likeness (QED) is 0.355. The second kappa shape index (κ2) is 9.39. The number of nitrogens with one attached hydrogen (secondary N) is 1. The van der Waals surface area contributed by atoms with E-state index in [-0.39, 0.29) is 23.3 Å². The van der Waals surface area contributed by atoms with Crippen molar-refractivity contribution in [2.24, 2.45) is 0 Å². The van der Waals surface area contributed by atoms with Crippen molar-refractivity contribution in [3.63, 3.8) is 0 Å². The Hall–Kier alpha value is -3.13. The highest BCUT2D eigenvalue weighted by molar-refractivity contribution is 7.99. The molecule has 5 rings (SSSR count). The van der Waals surface area contributed by atoms with Crippen LogP contribution in [-0.4, -0.2) is 36.9 Å². The molecule has 1 N–H and O–H groups in total. The minimum atomic E-state index is -0.142. The number of carbonyl (C=O) groups excluding carboxylic acids is 1. The molecule has 33 heavy (non-hydrogen) atoms. The van der Waals surface area contributed by atoms with Gasteiger partial charge in [0.25, 0.3) is 5.56 Å². The molecule has 4 aromatic rings. The number of hydrogen-bond donors (Lipinski definition) is 1. The molecule has 1 aliphatic carbocycles. The molecular weight excluding hydrogens is 434 g/mol. The molecule has 1 fully saturated rings. The first-order valence-corrected chi connectivity index (χ1v) is 12.5. The van der Waals surface area contributed by atoms with Gasteiger partial charge >= 0.3 is 0 Å². The van der Waals surface area contributed by atoms with Gasteiger partial charge in [-0.05, 0) is 44.0 Å². The van der Waals surface area contributed by atoms with E-state index in [1.165, 1.54) is 37.4 Å². The SMILES string of the molecule is Cc1ccc(-n2c(=O)c3ccccc3n3c(SCC(=O)NC4CCCCCC4)nnc23)cc1. The van der Waals surface area contributed by atoms with E-state index in [1.54, 1.807) is 4.57 Å². The van der Waals surface area contributed by atoms with Crippen LogP contribution in [0.4, 0.5) is 0 Å². The molecule has 1 saturated carbocycles. The van der Waals surface area contributed by atoms with Crippen LogP contribution in [-0.2, 0) is 4.79 Å². The van der Waals surface area contributed by atoms with Gasteiger partial charge in [-0.3, -0.25) is 14.0 Å². The van der Waals surface area contributed by atoms with Gasteiger partial charge in [0.1, 0.15) is 0 Å². The summed E-state index contributed by atoms with van der Waals surface area (Å²) in [5.74, 6) is 0.712. The third-order valence-electron chi connectivity index (χ3n) is 6.24. The second-order valence-corrected chi connectivity index (χ2v) is 9.60. The first-order valence-electron chi connectivity index (χ1n) is 11.5. The Morgan fingerprint density at radius 1 is 1.03 bits per heavy atom. The van der Waals surface area contributed by atoms with Crippen molar-refractivity contribution in [1.29, 1.82) is 0 Å². The van der Waals surface area contributed by atoms with Crippen molar-refractivity contribution in [1.82, 2.24) is 24.5 Å². The predicted octanol–water partition coefficient (Wildman–Crippen LogP) is 4.27. The number of hydrogen-bond acceptors (Lipinski definition) is 5. The standard InChI is InChI=1S/C25H27N5O2S/c1-17-12-14-19(15-13-17)29-23(32)20-10-6-7-11-21(20)30-24(29)27-28-25(30)33-16-22(31)26-18-8-4-2-3-5-9-18/h6-7,10-15,18H,2-5,8-9,16H2,1H3,(H,26,31). The Morgan fingerprint density at radius 3 is 2.52 bits per heavy atom. The fourth-order valence-corrected chi connectivity index (χ4v) is 5.27. The highest BCUT2D eigenvalue weighted by Gasteiger charge is 2.20. The average molecular weight is 462 g/mol. The zero-order chi connectivity index (χ0) is 22.8. The molecule has 2 aromatic heterocycles. The van der Waals surface area contributed by atoms with Crippen molar-refractivity contribution in [3.05, 3.63) is 64.4 Å². The molecule has 170 valence electrons. The second-order valence-electron chi connectivity index (χ2n) is 8.66. The molecule has 2 heterocycles. The zero-order valence-corrected chi connectivity index (χ0v) is 19.5. The van der Waals surface area contributed by atoms with E-state index in [1.807, 2.05) is 59.9 Å². The molecule has 0 unspecified atom stereocenters. The maximum atomic E-state index is 13.4. The van der Waals surface area contributed by atoms with Crippen LogP contribution in [0, 0.1) is 6.92 Å². The van der Waals surface area contributed by atoms with Crippen LogP contribution < -0.4 is 10.9 Å². The molecule has 1 aliphatic rings. The normalized spacial score (nSPS) is 15.1. The van der Waals surface area contributed by atoms with Crippen LogP contribution in [0.15, 0.2) is 58.5 Å². The number of rotatable bonds is 5. The van der Waals surface area contributed by atoms with Gasteiger partial charge in [0, 0.05) is 6.04 Å². The third-order valence-corrected chi connectivity index (χ3v) is 7.17. The average Bonchev–Trinajstić information content (AvgIpc) is 3.07. The minimum Gasteiger partial charge on any atom is -0.353 e. The van der Waals surface area contributed by atoms with Crippen LogP contribution in [0.1, 0.15) is 44.1 Å². The van der Waals surface area contributed by atoms with Gasteiger partial charge in [-0.15, -0.1) is 10.2 Å². The van der Waals surface area contributed by atoms with Crippen molar-refractivity contribution in [3.8, 4) is 5.69 Å². The third kappa shape index (κ3) is 4.39. The number of nitrogens with zero attached hydrogens (tertiary/aromatic N) is 4. The predicted molar refractivity (Wildman–Crippen MR) is 131 cm³/mol. The molecule has 0 aliphatic heterocycles. The summed E-state index contributed by atoms with van der Waals surface area (Å²) in [7, 11) is 0. The van der Waals surface area contributed by atoms with Crippen LogP contribution >= 0.6 is 11.8 Å². The number of para-hydroxylation sites is 1. The molecule has 7 nitrogen and oxygen atoms in total. The van der Waals surface area contributed by atoms with E-state index in [2.05, 4.69) is 15.5 Å². The summed E-state index contributed by atoms with van der Waals surface area (Å²) in [5.41, 5.74) is 2.44. The summed E-state index contributed by atoms with van der Waals surface area (Å²) in [4.78, 5) is 26.0. The largest absolute Gasteiger partial charge is 0.353 e. The molecule has 0 radical (unpaired) electrons. The van der Waals surface area contributed by atoms with Crippen LogP contribution in [0.5, 0.6) is 0 Å². The highest BCUT2D eigenvalue weighted by atomic mass is 32.2. The number of amides is 1. The lowest BCUT2D eigenvalue weighted by Crippen LogP contribution is -2.35. The monoisotopic (exact) mass is 461 g/mol. The van der Waals surface area contributed by atoms with Gasteiger partial charge in [0.05, 0.1) is 22.3 Å². The van der Waals surface area contributed by atoms with Crippen molar-refractivity contribution < 1.29 is 4.79 Å². The summed E-state index contributed by atoms with van der Waals surface area (Å²) in [6.07, 6.45) is 6.96. The maximum absolute atomic E-state index is 13.4. The Kier molecular flexibility index (Phi) is 6.17. The maximum Gasteiger partial charge on any atom is 0.267 e. The highest BCUT2D eigenvalue weighted by Crippen LogP contribution is 2.24. The van der Waals surface area contributed by atoms with Gasteiger partial charge in [0.15, 0.2) is 5.16 Å². The van der Waals surface area contributed by atoms with Crippen LogP contribution in [0.3, 0.4) is 0 Å². The van der Waals surface area contributed by atoms with Crippen LogP contribution in [0.2, 0.25) is 0 Å². The number of aryl methyl sites for hydroxylation is 1. The number of benzene rings is 2. The number of thioether (sulfide) groups is 1. The molecule has 0 atom stereocenters. The van der Waals surface area contributed by atoms with Crippen molar-refractivity contribution in [2.45, 2.75) is 56.6 Å². The number of fused-ring (bicyclic) bond motifs is 3. The fraction of sp³-hybridized carbons (Fsp3) is 0.360. The van der Waals surface area contributed by atoms with E-state index in [4.69, 9.17) is 0 Å². The smallest absolute Gasteiger partial charge is 0.267 e. The number of aromatic nitrogens is 4. The lowest BCUT2D eigenvalue weighted by molar-refractivity contribution is -0.119. The lowest BCUT2D eigenvalue weighted by Gasteiger charge is -2.16. The topological polar surface area (TPSA) is 81.3 Å². The van der Waals surface area contributed by atoms with Crippen molar-refractivity contribution >= 4 is 34.3 Å². The Bertz CT molecular complexity index is 1350. The summed E-state index contributed by atoms with van der Waals surface area (Å²) in [6, 6.07) is 15.5.